The summed E-state index contributed by atoms with van der Waals surface area (Å²) in [7, 11) is 0. The number of aliphatic carboxylic acids is 1. The topological polar surface area (TPSA) is 49.3 Å². The summed E-state index contributed by atoms with van der Waals surface area (Å²) >= 11 is 0. The monoisotopic (exact) mass is 213 g/mol. The van der Waals surface area contributed by atoms with Crippen LogP contribution in [0.5, 0.6) is 0 Å². The van der Waals surface area contributed by atoms with E-state index < -0.39 is 11.5 Å². The number of hydrogen-bond donors (Lipinski definition) is 2. The Bertz CT molecular complexity index is 218. The first-order valence-electron chi connectivity index (χ1n) is 6.12. The predicted molar refractivity (Wildman–Crippen MR) is 60.9 cm³/mol. The second kappa shape index (κ2) is 5.50. The van der Waals surface area contributed by atoms with E-state index in [-0.39, 0.29) is 5.92 Å². The molecule has 0 radical (unpaired) electrons. The lowest BCUT2D eigenvalue weighted by Gasteiger charge is -2.39. The smallest absolute Gasteiger partial charge is 0.324 e. The summed E-state index contributed by atoms with van der Waals surface area (Å²) in [5, 5.41) is 12.7. The Hall–Kier alpha value is -0.570. The van der Waals surface area contributed by atoms with E-state index >= 15 is 0 Å². The Morgan fingerprint density at radius 1 is 1.53 bits per heavy atom. The van der Waals surface area contributed by atoms with E-state index in [1.54, 1.807) is 0 Å². The minimum Gasteiger partial charge on any atom is -0.480 e. The van der Waals surface area contributed by atoms with Gasteiger partial charge in [0.2, 0.25) is 0 Å². The van der Waals surface area contributed by atoms with Crippen LogP contribution >= 0.6 is 0 Å². The Kier molecular flexibility index (Phi) is 4.58. The zero-order chi connectivity index (χ0) is 11.3. The summed E-state index contributed by atoms with van der Waals surface area (Å²) in [6.45, 7) is 5.01. The van der Waals surface area contributed by atoms with Crippen molar-refractivity contribution in [2.24, 2.45) is 5.92 Å². The number of rotatable bonds is 5. The van der Waals surface area contributed by atoms with Crippen LogP contribution in [0.25, 0.3) is 0 Å². The highest BCUT2D eigenvalue weighted by Crippen LogP contribution is 2.33. The van der Waals surface area contributed by atoms with Crippen LogP contribution in [0.3, 0.4) is 0 Å². The van der Waals surface area contributed by atoms with Gasteiger partial charge in [0.15, 0.2) is 0 Å². The lowest BCUT2D eigenvalue weighted by molar-refractivity contribution is -0.149. The molecule has 0 amide bonds. The molecular weight excluding hydrogens is 190 g/mol. The molecule has 1 rings (SSSR count). The SMILES string of the molecule is CCCCNC1(C(=O)O)CCCCC1C. The van der Waals surface area contributed by atoms with Gasteiger partial charge in [0.25, 0.3) is 0 Å². The third-order valence-corrected chi connectivity index (χ3v) is 3.65. The Balaban J connectivity index is 2.63. The standard InChI is InChI=1S/C12H23NO2/c1-3-4-9-13-12(11(14)15)8-6-5-7-10(12)2/h10,13H,3-9H2,1-2H3,(H,14,15). The van der Waals surface area contributed by atoms with Crippen molar-refractivity contribution < 1.29 is 9.90 Å². The van der Waals surface area contributed by atoms with Gasteiger partial charge in [0.1, 0.15) is 5.54 Å². The summed E-state index contributed by atoms with van der Waals surface area (Å²) in [4.78, 5) is 11.4. The number of carbonyl (C=O) groups is 1. The molecule has 1 saturated carbocycles. The molecule has 2 N–H and O–H groups in total. The van der Waals surface area contributed by atoms with E-state index in [4.69, 9.17) is 0 Å². The lowest BCUT2D eigenvalue weighted by Crippen LogP contribution is -2.58. The van der Waals surface area contributed by atoms with Crippen molar-refractivity contribution in [3.63, 3.8) is 0 Å². The van der Waals surface area contributed by atoms with E-state index in [1.165, 1.54) is 6.42 Å². The average Bonchev–Trinajstić information content (AvgIpc) is 2.21. The molecular formula is C12H23NO2. The van der Waals surface area contributed by atoms with Gasteiger partial charge in [0, 0.05) is 0 Å². The van der Waals surface area contributed by atoms with Crippen LogP contribution in [0.4, 0.5) is 0 Å². The molecule has 0 saturated heterocycles. The Morgan fingerprint density at radius 2 is 2.27 bits per heavy atom. The molecule has 0 bridgehead atoms. The zero-order valence-electron chi connectivity index (χ0n) is 9.88. The van der Waals surface area contributed by atoms with Gasteiger partial charge < -0.3 is 10.4 Å². The van der Waals surface area contributed by atoms with E-state index in [0.717, 1.165) is 38.6 Å². The van der Waals surface area contributed by atoms with Gasteiger partial charge in [0.05, 0.1) is 0 Å². The summed E-state index contributed by atoms with van der Waals surface area (Å²) < 4.78 is 0. The molecule has 1 aliphatic carbocycles. The van der Waals surface area contributed by atoms with E-state index in [2.05, 4.69) is 19.2 Å². The van der Waals surface area contributed by atoms with Crippen molar-refractivity contribution in [2.75, 3.05) is 6.54 Å². The highest BCUT2D eigenvalue weighted by molar-refractivity contribution is 5.79. The first-order valence-corrected chi connectivity index (χ1v) is 6.12. The maximum absolute atomic E-state index is 11.4. The van der Waals surface area contributed by atoms with Crippen molar-refractivity contribution in [1.29, 1.82) is 0 Å². The molecule has 0 spiro atoms. The Morgan fingerprint density at radius 3 is 2.80 bits per heavy atom. The molecule has 0 aromatic rings. The van der Waals surface area contributed by atoms with Gasteiger partial charge in [-0.05, 0) is 31.7 Å². The molecule has 88 valence electrons. The first kappa shape index (κ1) is 12.5. The molecule has 2 unspecified atom stereocenters. The van der Waals surface area contributed by atoms with Crippen LogP contribution in [0.1, 0.15) is 52.4 Å². The minimum absolute atomic E-state index is 0.251. The van der Waals surface area contributed by atoms with Gasteiger partial charge >= 0.3 is 5.97 Å². The van der Waals surface area contributed by atoms with Crippen LogP contribution in [0.2, 0.25) is 0 Å². The summed E-state index contributed by atoms with van der Waals surface area (Å²) in [5.74, 6) is -0.411. The summed E-state index contributed by atoms with van der Waals surface area (Å²) in [5.41, 5.74) is -0.645. The fraction of sp³-hybridized carbons (Fsp3) is 0.917. The normalized spacial score (nSPS) is 31.5. The number of nitrogens with one attached hydrogen (secondary N) is 1. The quantitative estimate of drug-likeness (QED) is 0.689. The number of carboxylic acids is 1. The third kappa shape index (κ3) is 2.71. The first-order chi connectivity index (χ1) is 7.13. The molecule has 3 heteroatoms. The molecule has 1 aliphatic rings. The number of hydrogen-bond acceptors (Lipinski definition) is 2. The highest BCUT2D eigenvalue weighted by Gasteiger charge is 2.44. The number of unbranched alkanes of at least 4 members (excludes halogenated alkanes) is 1. The third-order valence-electron chi connectivity index (χ3n) is 3.65. The molecule has 0 aliphatic heterocycles. The maximum atomic E-state index is 11.4. The van der Waals surface area contributed by atoms with Crippen LogP contribution in [0.15, 0.2) is 0 Å². The van der Waals surface area contributed by atoms with Crippen molar-refractivity contribution in [3.8, 4) is 0 Å². The van der Waals surface area contributed by atoms with Gasteiger partial charge in [-0.1, -0.05) is 33.1 Å². The van der Waals surface area contributed by atoms with Crippen LogP contribution in [-0.2, 0) is 4.79 Å². The van der Waals surface area contributed by atoms with Crippen LogP contribution in [0, 0.1) is 5.92 Å². The second-order valence-electron chi connectivity index (χ2n) is 4.70. The summed E-state index contributed by atoms with van der Waals surface area (Å²) in [6.07, 6.45) is 6.19. The molecule has 0 aromatic heterocycles. The van der Waals surface area contributed by atoms with Crippen LogP contribution < -0.4 is 5.32 Å². The highest BCUT2D eigenvalue weighted by atomic mass is 16.4. The lowest BCUT2D eigenvalue weighted by atomic mass is 9.73. The molecule has 15 heavy (non-hydrogen) atoms. The number of carboxylic acid groups (broad SMARTS) is 1. The maximum Gasteiger partial charge on any atom is 0.324 e. The van der Waals surface area contributed by atoms with Gasteiger partial charge in [-0.2, -0.15) is 0 Å². The second-order valence-corrected chi connectivity index (χ2v) is 4.70. The van der Waals surface area contributed by atoms with Crippen LogP contribution in [-0.4, -0.2) is 23.2 Å². The van der Waals surface area contributed by atoms with Crippen molar-refractivity contribution in [2.45, 2.75) is 57.9 Å². The van der Waals surface area contributed by atoms with Crippen molar-refractivity contribution in [3.05, 3.63) is 0 Å². The predicted octanol–water partition coefficient (Wildman–Crippen LogP) is 2.41. The molecule has 2 atom stereocenters. The molecule has 1 fully saturated rings. The van der Waals surface area contributed by atoms with Gasteiger partial charge in [-0.15, -0.1) is 0 Å². The van der Waals surface area contributed by atoms with Gasteiger partial charge in [-0.25, -0.2) is 0 Å². The molecule has 0 heterocycles. The zero-order valence-corrected chi connectivity index (χ0v) is 9.88. The fourth-order valence-electron chi connectivity index (χ4n) is 2.49. The summed E-state index contributed by atoms with van der Waals surface area (Å²) in [6, 6.07) is 0. The fourth-order valence-corrected chi connectivity index (χ4v) is 2.49. The van der Waals surface area contributed by atoms with Crippen molar-refractivity contribution >= 4 is 5.97 Å². The molecule has 3 nitrogen and oxygen atoms in total. The van der Waals surface area contributed by atoms with Gasteiger partial charge in [-0.3, -0.25) is 4.79 Å². The Labute approximate surface area is 92.3 Å². The largest absolute Gasteiger partial charge is 0.480 e. The molecule has 0 aromatic carbocycles. The van der Waals surface area contributed by atoms with Crippen molar-refractivity contribution in [1.82, 2.24) is 5.32 Å². The van der Waals surface area contributed by atoms with E-state index in [0.29, 0.717) is 0 Å². The minimum atomic E-state index is -0.661. The average molecular weight is 213 g/mol. The van der Waals surface area contributed by atoms with E-state index in [1.807, 2.05) is 0 Å². The van der Waals surface area contributed by atoms with E-state index in [9.17, 15) is 9.90 Å².